The van der Waals surface area contributed by atoms with E-state index in [1.165, 1.54) is 51.4 Å². The Bertz CT molecular complexity index is 259. The molecule has 0 atom stereocenters. The highest BCUT2D eigenvalue weighted by Gasteiger charge is 1.95. The molecule has 0 aliphatic rings. The Balaban J connectivity index is 1.73. The number of unbranched alkanes of at least 4 members (excludes halogenated alkanes) is 7. The van der Waals surface area contributed by atoms with E-state index in [4.69, 9.17) is 0 Å². The number of hydrogen-bond acceptors (Lipinski definition) is 3. The maximum Gasteiger partial charge on any atom is 0.137 e. The van der Waals surface area contributed by atoms with Crippen molar-refractivity contribution in [3.63, 3.8) is 0 Å². The molecule has 1 aromatic rings. The van der Waals surface area contributed by atoms with Crippen LogP contribution in [0.25, 0.3) is 0 Å². The Kier molecular flexibility index (Phi) is 9.44. The van der Waals surface area contributed by atoms with E-state index < -0.39 is 0 Å². The van der Waals surface area contributed by atoms with Gasteiger partial charge in [0, 0.05) is 13.0 Å². The summed E-state index contributed by atoms with van der Waals surface area (Å²) in [6.45, 7) is 4.39. The fourth-order valence-electron chi connectivity index (χ4n) is 2.07. The van der Waals surface area contributed by atoms with E-state index in [0.717, 1.165) is 25.3 Å². The van der Waals surface area contributed by atoms with Crippen LogP contribution >= 0.6 is 0 Å². The quantitative estimate of drug-likeness (QED) is 0.562. The van der Waals surface area contributed by atoms with Crippen molar-refractivity contribution in [2.75, 3.05) is 13.1 Å². The third kappa shape index (κ3) is 8.23. The number of aromatic nitrogens is 3. The Hall–Kier alpha value is -0.900. The predicted molar refractivity (Wildman–Crippen MR) is 75.6 cm³/mol. The van der Waals surface area contributed by atoms with E-state index >= 15 is 0 Å². The monoisotopic (exact) mass is 252 g/mol. The lowest BCUT2D eigenvalue weighted by Gasteiger charge is -2.03. The van der Waals surface area contributed by atoms with Crippen LogP contribution in [0.15, 0.2) is 6.33 Å². The molecule has 0 radical (unpaired) electrons. The molecular weight excluding hydrogens is 224 g/mol. The molecule has 0 aliphatic carbocycles. The maximum absolute atomic E-state index is 4.09. The molecule has 0 aliphatic heterocycles. The van der Waals surface area contributed by atoms with Crippen LogP contribution in [0.2, 0.25) is 0 Å². The van der Waals surface area contributed by atoms with Crippen molar-refractivity contribution >= 4 is 0 Å². The van der Waals surface area contributed by atoms with Crippen molar-refractivity contribution in [2.45, 2.75) is 64.7 Å². The first-order valence-electron chi connectivity index (χ1n) is 7.48. The van der Waals surface area contributed by atoms with E-state index in [1.807, 2.05) is 0 Å². The first-order valence-corrected chi connectivity index (χ1v) is 7.48. The van der Waals surface area contributed by atoms with Crippen molar-refractivity contribution < 1.29 is 0 Å². The van der Waals surface area contributed by atoms with Crippen LogP contribution < -0.4 is 5.32 Å². The normalized spacial score (nSPS) is 10.9. The van der Waals surface area contributed by atoms with Gasteiger partial charge in [-0.3, -0.25) is 5.10 Å². The van der Waals surface area contributed by atoms with Gasteiger partial charge in [-0.25, -0.2) is 4.98 Å². The average molecular weight is 252 g/mol. The van der Waals surface area contributed by atoms with Gasteiger partial charge < -0.3 is 5.32 Å². The van der Waals surface area contributed by atoms with E-state index in [0.29, 0.717) is 0 Å². The van der Waals surface area contributed by atoms with E-state index in [1.54, 1.807) is 6.33 Å². The molecule has 1 heterocycles. The molecular formula is C14H28N4. The third-order valence-electron chi connectivity index (χ3n) is 3.21. The van der Waals surface area contributed by atoms with Gasteiger partial charge in [0.05, 0.1) is 0 Å². The molecule has 0 amide bonds. The topological polar surface area (TPSA) is 53.6 Å². The first-order chi connectivity index (χ1) is 8.93. The van der Waals surface area contributed by atoms with Gasteiger partial charge in [-0.2, -0.15) is 5.10 Å². The zero-order chi connectivity index (χ0) is 12.9. The molecule has 1 aromatic heterocycles. The Morgan fingerprint density at radius 3 is 2.39 bits per heavy atom. The second-order valence-electron chi connectivity index (χ2n) is 4.91. The van der Waals surface area contributed by atoms with Crippen LogP contribution in [0.4, 0.5) is 0 Å². The molecule has 4 nitrogen and oxygen atoms in total. The molecule has 0 spiro atoms. The SMILES string of the molecule is CCCCCCCCCCNCCc1ncn[nH]1. The first kappa shape index (κ1) is 15.2. The number of aromatic amines is 1. The van der Waals surface area contributed by atoms with Crippen LogP contribution in [0.1, 0.15) is 64.1 Å². The number of rotatable bonds is 12. The van der Waals surface area contributed by atoms with Crippen molar-refractivity contribution in [1.82, 2.24) is 20.5 Å². The van der Waals surface area contributed by atoms with Crippen molar-refractivity contribution in [3.05, 3.63) is 12.2 Å². The highest BCUT2D eigenvalue weighted by Crippen LogP contribution is 2.07. The molecule has 2 N–H and O–H groups in total. The molecule has 104 valence electrons. The molecule has 0 aromatic carbocycles. The number of H-pyrrole nitrogens is 1. The largest absolute Gasteiger partial charge is 0.316 e. The molecule has 0 fully saturated rings. The summed E-state index contributed by atoms with van der Waals surface area (Å²) < 4.78 is 0. The molecule has 0 saturated carbocycles. The predicted octanol–water partition coefficient (Wildman–Crippen LogP) is 3.08. The minimum absolute atomic E-state index is 0.941. The van der Waals surface area contributed by atoms with Gasteiger partial charge >= 0.3 is 0 Å². The van der Waals surface area contributed by atoms with Crippen LogP contribution in [-0.4, -0.2) is 28.3 Å². The summed E-state index contributed by atoms with van der Waals surface area (Å²) in [7, 11) is 0. The second kappa shape index (κ2) is 11.2. The van der Waals surface area contributed by atoms with Crippen LogP contribution in [-0.2, 0) is 6.42 Å². The fraction of sp³-hybridized carbons (Fsp3) is 0.857. The molecule has 0 unspecified atom stereocenters. The summed E-state index contributed by atoms with van der Waals surface area (Å²) >= 11 is 0. The summed E-state index contributed by atoms with van der Waals surface area (Å²) in [4.78, 5) is 4.09. The van der Waals surface area contributed by atoms with Gasteiger partial charge in [-0.05, 0) is 13.0 Å². The van der Waals surface area contributed by atoms with Crippen molar-refractivity contribution in [3.8, 4) is 0 Å². The highest BCUT2D eigenvalue weighted by molar-refractivity contribution is 4.80. The molecule has 18 heavy (non-hydrogen) atoms. The van der Waals surface area contributed by atoms with Gasteiger partial charge in [0.15, 0.2) is 0 Å². The molecule has 1 rings (SSSR count). The third-order valence-corrected chi connectivity index (χ3v) is 3.21. The summed E-state index contributed by atoms with van der Waals surface area (Å²) in [5.74, 6) is 0.971. The molecule has 0 bridgehead atoms. The zero-order valence-corrected chi connectivity index (χ0v) is 11.7. The van der Waals surface area contributed by atoms with Gasteiger partial charge in [0.2, 0.25) is 0 Å². The molecule has 4 heteroatoms. The summed E-state index contributed by atoms with van der Waals surface area (Å²) in [5.41, 5.74) is 0. The minimum atomic E-state index is 0.941. The van der Waals surface area contributed by atoms with Gasteiger partial charge in [0.1, 0.15) is 12.2 Å². The number of hydrogen-bond donors (Lipinski definition) is 2. The Morgan fingerprint density at radius 1 is 1.00 bits per heavy atom. The molecule has 0 saturated heterocycles. The van der Waals surface area contributed by atoms with Crippen molar-refractivity contribution in [2.24, 2.45) is 0 Å². The van der Waals surface area contributed by atoms with Gasteiger partial charge in [0.25, 0.3) is 0 Å². The maximum atomic E-state index is 4.09. The van der Waals surface area contributed by atoms with Crippen molar-refractivity contribution in [1.29, 1.82) is 0 Å². The van der Waals surface area contributed by atoms with E-state index in [2.05, 4.69) is 27.4 Å². The standard InChI is InChI=1S/C14H28N4/c1-2-3-4-5-6-7-8-9-11-15-12-10-14-16-13-17-18-14/h13,15H,2-12H2,1H3,(H,16,17,18). The lowest BCUT2D eigenvalue weighted by Crippen LogP contribution is -2.18. The zero-order valence-electron chi connectivity index (χ0n) is 11.7. The average Bonchev–Trinajstić information content (AvgIpc) is 2.89. The lowest BCUT2D eigenvalue weighted by atomic mass is 10.1. The number of nitrogens with one attached hydrogen (secondary N) is 2. The second-order valence-corrected chi connectivity index (χ2v) is 4.91. The Morgan fingerprint density at radius 2 is 1.72 bits per heavy atom. The lowest BCUT2D eigenvalue weighted by molar-refractivity contribution is 0.554. The summed E-state index contributed by atoms with van der Waals surface area (Å²) in [6.07, 6.45) is 13.6. The van der Waals surface area contributed by atoms with Gasteiger partial charge in [-0.15, -0.1) is 0 Å². The van der Waals surface area contributed by atoms with Crippen LogP contribution in [0.3, 0.4) is 0 Å². The smallest absolute Gasteiger partial charge is 0.137 e. The minimum Gasteiger partial charge on any atom is -0.316 e. The van der Waals surface area contributed by atoms with E-state index in [-0.39, 0.29) is 0 Å². The van der Waals surface area contributed by atoms with Gasteiger partial charge in [-0.1, -0.05) is 51.9 Å². The summed E-state index contributed by atoms with van der Waals surface area (Å²) in [6, 6.07) is 0. The van der Waals surface area contributed by atoms with Crippen LogP contribution in [0.5, 0.6) is 0 Å². The fourth-order valence-corrected chi connectivity index (χ4v) is 2.07. The Labute approximate surface area is 111 Å². The summed E-state index contributed by atoms with van der Waals surface area (Å²) in [5, 5.41) is 10.1. The van der Waals surface area contributed by atoms with E-state index in [9.17, 15) is 0 Å². The van der Waals surface area contributed by atoms with Crippen LogP contribution in [0, 0.1) is 0 Å². The highest BCUT2D eigenvalue weighted by atomic mass is 15.2. The number of nitrogens with zero attached hydrogens (tertiary/aromatic N) is 2.